The minimum absolute atomic E-state index is 0.0142. The third-order valence-corrected chi connectivity index (χ3v) is 6.63. The van der Waals surface area contributed by atoms with E-state index >= 15 is 0 Å². The molecule has 0 bridgehead atoms. The molecule has 0 radical (unpaired) electrons. The molecule has 14 heteroatoms. The van der Waals surface area contributed by atoms with Gasteiger partial charge in [0.15, 0.2) is 5.78 Å². The zero-order valence-electron chi connectivity index (χ0n) is 21.4. The van der Waals surface area contributed by atoms with Crippen molar-refractivity contribution in [1.29, 1.82) is 0 Å². The highest BCUT2D eigenvalue weighted by molar-refractivity contribution is 7.46. The molecule has 1 saturated heterocycles. The highest BCUT2D eigenvalue weighted by Gasteiger charge is 2.36. The molecule has 3 atom stereocenters. The van der Waals surface area contributed by atoms with Gasteiger partial charge in [0.25, 0.3) is 5.91 Å². The van der Waals surface area contributed by atoms with Gasteiger partial charge in [-0.05, 0) is 37.0 Å². The average molecular weight is 553 g/mol. The van der Waals surface area contributed by atoms with E-state index in [1.165, 1.54) is 7.11 Å². The Kier molecular flexibility index (Phi) is 9.66. The van der Waals surface area contributed by atoms with Gasteiger partial charge in [-0.25, -0.2) is 4.57 Å². The van der Waals surface area contributed by atoms with E-state index in [0.717, 1.165) is 0 Å². The van der Waals surface area contributed by atoms with Gasteiger partial charge in [0.05, 0.1) is 13.0 Å². The fraction of sp³-hybridized carbons (Fsp3) is 0.500. The van der Waals surface area contributed by atoms with Crippen LogP contribution in [-0.4, -0.2) is 70.6 Å². The number of fused-ring (bicyclic) bond motifs is 1. The van der Waals surface area contributed by atoms with Crippen molar-refractivity contribution in [3.63, 3.8) is 0 Å². The quantitative estimate of drug-likeness (QED) is 0.197. The Morgan fingerprint density at radius 3 is 2.55 bits per heavy atom. The van der Waals surface area contributed by atoms with Crippen LogP contribution >= 0.6 is 7.82 Å². The van der Waals surface area contributed by atoms with Crippen LogP contribution in [0.15, 0.2) is 24.3 Å². The number of benzene rings is 1. The summed E-state index contributed by atoms with van der Waals surface area (Å²) in [7, 11) is -3.34. The topological polar surface area (TPSA) is 196 Å². The maximum Gasteiger partial charge on any atom is 0.470 e. The summed E-state index contributed by atoms with van der Waals surface area (Å²) in [5, 5.41) is 8.79. The number of H-pyrrole nitrogens is 1. The monoisotopic (exact) mass is 552 g/mol. The maximum absolute atomic E-state index is 13.3. The lowest BCUT2D eigenvalue weighted by molar-refractivity contribution is -0.128. The molecule has 6 N–H and O–H groups in total. The Morgan fingerprint density at radius 2 is 1.95 bits per heavy atom. The van der Waals surface area contributed by atoms with Crippen molar-refractivity contribution in [2.75, 3.05) is 20.3 Å². The predicted molar refractivity (Wildman–Crippen MR) is 136 cm³/mol. The highest BCUT2D eigenvalue weighted by atomic mass is 31.2. The first kappa shape index (κ1) is 29.3. The number of aromatic nitrogens is 1. The summed E-state index contributed by atoms with van der Waals surface area (Å²) >= 11 is 0. The number of phosphoric ester groups is 1. The summed E-state index contributed by atoms with van der Waals surface area (Å²) in [4.78, 5) is 71.9. The smallest absolute Gasteiger partial charge is 0.470 e. The molecular weight excluding hydrogens is 519 g/mol. The van der Waals surface area contributed by atoms with Gasteiger partial charge >= 0.3 is 7.82 Å². The standard InChI is InChI=1S/C24H33N4O9P/c1-13(2)9-19(28-24(32)20-11-16-17(26-20)5-4-6-21(16)36-3)23(31)27-18(15-7-8-25-22(15)30)10-14(29)12-37-38(33,34)35/h4-6,11,13,15,18-19,26H,7-10,12H2,1-3H3,(H,25,30)(H,27,31)(H,28,32)(H2,33,34,35)/t15-,18?,19?/m0/s1. The zero-order valence-corrected chi connectivity index (χ0v) is 22.2. The van der Waals surface area contributed by atoms with Crippen LogP contribution in [0.2, 0.25) is 0 Å². The average Bonchev–Trinajstić information content (AvgIpc) is 3.47. The van der Waals surface area contributed by atoms with Crippen LogP contribution in [-0.2, 0) is 23.5 Å². The Balaban J connectivity index is 1.76. The molecule has 3 rings (SSSR count). The predicted octanol–water partition coefficient (Wildman–Crippen LogP) is 1.01. The molecule has 38 heavy (non-hydrogen) atoms. The summed E-state index contributed by atoms with van der Waals surface area (Å²) in [6, 6.07) is 5.01. The zero-order chi connectivity index (χ0) is 28.0. The number of hydrogen-bond donors (Lipinski definition) is 6. The van der Waals surface area contributed by atoms with Gasteiger partial charge in [0, 0.05) is 29.9 Å². The molecule has 208 valence electrons. The van der Waals surface area contributed by atoms with Crippen LogP contribution in [0, 0.1) is 11.8 Å². The van der Waals surface area contributed by atoms with Gasteiger partial charge in [-0.2, -0.15) is 0 Å². The third kappa shape index (κ3) is 7.87. The Morgan fingerprint density at radius 1 is 1.21 bits per heavy atom. The van der Waals surface area contributed by atoms with Gasteiger partial charge < -0.3 is 35.5 Å². The summed E-state index contributed by atoms with van der Waals surface area (Å²) in [5.41, 5.74) is 0.908. The molecule has 0 spiro atoms. The van der Waals surface area contributed by atoms with Gasteiger partial charge in [0.1, 0.15) is 24.1 Å². The Bertz CT molecular complexity index is 1240. The van der Waals surface area contributed by atoms with Crippen LogP contribution in [0.5, 0.6) is 5.75 Å². The SMILES string of the molecule is COc1cccc2[nH]c(C(=O)NC(CC(C)C)C(=O)NC(CC(=O)COP(=O)(O)O)[C@@H]3CCNC3=O)cc12. The van der Waals surface area contributed by atoms with E-state index in [1.807, 2.05) is 13.8 Å². The van der Waals surface area contributed by atoms with E-state index in [1.54, 1.807) is 24.3 Å². The van der Waals surface area contributed by atoms with E-state index in [4.69, 9.17) is 14.5 Å². The van der Waals surface area contributed by atoms with E-state index in [-0.39, 0.29) is 30.4 Å². The van der Waals surface area contributed by atoms with Crippen LogP contribution in [0.1, 0.15) is 43.6 Å². The molecule has 1 aliphatic heterocycles. The maximum atomic E-state index is 13.3. The number of rotatable bonds is 13. The number of nitrogens with one attached hydrogen (secondary N) is 4. The number of Topliss-reactive ketones (excluding diaryl/α,β-unsaturated/α-hetero) is 1. The first-order chi connectivity index (χ1) is 17.9. The Labute approximate surface area is 219 Å². The molecule has 3 amide bonds. The second-order valence-electron chi connectivity index (χ2n) is 9.57. The van der Waals surface area contributed by atoms with Gasteiger partial charge in [-0.15, -0.1) is 0 Å². The fourth-order valence-corrected chi connectivity index (χ4v) is 4.71. The molecule has 0 saturated carbocycles. The molecular formula is C24H33N4O9P. The number of aromatic amines is 1. The largest absolute Gasteiger partial charge is 0.496 e. The van der Waals surface area contributed by atoms with Crippen molar-refractivity contribution >= 4 is 42.2 Å². The first-order valence-corrected chi connectivity index (χ1v) is 13.7. The third-order valence-electron chi connectivity index (χ3n) is 6.16. The van der Waals surface area contributed by atoms with Crippen LogP contribution in [0.25, 0.3) is 10.9 Å². The molecule has 1 aromatic carbocycles. The lowest BCUT2D eigenvalue weighted by atomic mass is 9.93. The highest BCUT2D eigenvalue weighted by Crippen LogP contribution is 2.35. The summed E-state index contributed by atoms with van der Waals surface area (Å²) in [6.07, 6.45) is 0.252. The van der Waals surface area contributed by atoms with Crippen LogP contribution in [0.4, 0.5) is 0 Å². The van der Waals surface area contributed by atoms with Crippen molar-refractivity contribution in [3.05, 3.63) is 30.0 Å². The van der Waals surface area contributed by atoms with Crippen LogP contribution in [0.3, 0.4) is 0 Å². The summed E-state index contributed by atoms with van der Waals surface area (Å²) in [5.74, 6) is -2.29. The molecule has 1 fully saturated rings. The van der Waals surface area contributed by atoms with E-state index < -0.39 is 50.0 Å². The number of hydrogen-bond acceptors (Lipinski definition) is 7. The lowest BCUT2D eigenvalue weighted by Crippen LogP contribution is -2.53. The fourth-order valence-electron chi connectivity index (χ4n) is 4.40. The normalized spacial score (nSPS) is 17.2. The number of carbonyl (C=O) groups is 4. The first-order valence-electron chi connectivity index (χ1n) is 12.1. The summed E-state index contributed by atoms with van der Waals surface area (Å²) in [6.45, 7) is 3.25. The molecule has 1 aromatic heterocycles. The second kappa shape index (κ2) is 12.5. The number of ether oxygens (including phenoxy) is 1. The van der Waals surface area contributed by atoms with Crippen molar-refractivity contribution in [2.45, 2.75) is 45.2 Å². The van der Waals surface area contributed by atoms with Crippen molar-refractivity contribution in [3.8, 4) is 5.75 Å². The molecule has 0 aliphatic carbocycles. The molecule has 1 aliphatic rings. The number of phosphoric acid groups is 1. The van der Waals surface area contributed by atoms with Gasteiger partial charge in [-0.3, -0.25) is 23.7 Å². The van der Waals surface area contributed by atoms with Crippen LogP contribution < -0.4 is 20.7 Å². The number of methoxy groups -OCH3 is 1. The number of ketones is 1. The molecule has 13 nitrogen and oxygen atoms in total. The molecule has 2 heterocycles. The number of carbonyl (C=O) groups excluding carboxylic acids is 4. The molecule has 2 aromatic rings. The Hall–Kier alpha value is -3.25. The van der Waals surface area contributed by atoms with Gasteiger partial charge in [0.2, 0.25) is 11.8 Å². The van der Waals surface area contributed by atoms with Crippen molar-refractivity contribution < 1.29 is 42.8 Å². The number of amides is 3. The van der Waals surface area contributed by atoms with E-state index in [2.05, 4.69) is 25.5 Å². The minimum atomic E-state index is -4.87. The van der Waals surface area contributed by atoms with E-state index in [9.17, 15) is 23.7 Å². The summed E-state index contributed by atoms with van der Waals surface area (Å²) < 4.78 is 20.5. The van der Waals surface area contributed by atoms with E-state index in [0.29, 0.717) is 29.6 Å². The van der Waals surface area contributed by atoms with Crippen molar-refractivity contribution in [1.82, 2.24) is 20.9 Å². The van der Waals surface area contributed by atoms with Gasteiger partial charge in [-0.1, -0.05) is 19.9 Å². The molecule has 2 unspecified atom stereocenters. The van der Waals surface area contributed by atoms with Crippen molar-refractivity contribution in [2.24, 2.45) is 11.8 Å². The lowest BCUT2D eigenvalue weighted by Gasteiger charge is -2.26. The minimum Gasteiger partial charge on any atom is -0.496 e. The second-order valence-corrected chi connectivity index (χ2v) is 10.8.